The van der Waals surface area contributed by atoms with E-state index in [1.54, 1.807) is 12.0 Å². The highest BCUT2D eigenvalue weighted by Gasteiger charge is 2.38. The van der Waals surface area contributed by atoms with Crippen molar-refractivity contribution in [3.63, 3.8) is 0 Å². The minimum atomic E-state index is -0.122. The van der Waals surface area contributed by atoms with Crippen molar-refractivity contribution in [1.29, 1.82) is 0 Å². The maximum atomic E-state index is 12.7. The van der Waals surface area contributed by atoms with Crippen molar-refractivity contribution in [3.05, 3.63) is 24.3 Å². The summed E-state index contributed by atoms with van der Waals surface area (Å²) in [6, 6.07) is 7.44. The van der Waals surface area contributed by atoms with Gasteiger partial charge in [-0.05, 0) is 49.1 Å². The number of rotatable bonds is 3. The predicted octanol–water partition coefficient (Wildman–Crippen LogP) is 2.44. The number of methoxy groups -OCH3 is 1. The van der Waals surface area contributed by atoms with Gasteiger partial charge in [0.15, 0.2) is 0 Å². The molecule has 1 amide bonds. The molecule has 0 bridgehead atoms. The van der Waals surface area contributed by atoms with E-state index in [9.17, 15) is 4.79 Å². The van der Waals surface area contributed by atoms with Crippen molar-refractivity contribution < 1.29 is 9.53 Å². The number of amides is 1. The zero-order valence-corrected chi connectivity index (χ0v) is 12.8. The normalized spacial score (nSPS) is 21.3. The number of likely N-dealkylation sites (N-methyl/N-ethyl adjacent to an activating group) is 1. The smallest absolute Gasteiger partial charge is 0.244 e. The van der Waals surface area contributed by atoms with Gasteiger partial charge in [-0.25, -0.2) is 0 Å². The van der Waals surface area contributed by atoms with Crippen LogP contribution < -0.4 is 15.0 Å². The molecule has 0 spiro atoms. The summed E-state index contributed by atoms with van der Waals surface area (Å²) in [4.78, 5) is 14.4. The van der Waals surface area contributed by atoms with Crippen molar-refractivity contribution in [3.8, 4) is 5.75 Å². The third-order valence-corrected chi connectivity index (χ3v) is 4.17. The summed E-state index contributed by atoms with van der Waals surface area (Å²) < 4.78 is 5.14. The van der Waals surface area contributed by atoms with E-state index < -0.39 is 0 Å². The number of piperidine rings is 1. The summed E-state index contributed by atoms with van der Waals surface area (Å²) in [5, 5.41) is 3.37. The van der Waals surface area contributed by atoms with Gasteiger partial charge in [0.25, 0.3) is 0 Å². The van der Waals surface area contributed by atoms with Gasteiger partial charge in [-0.1, -0.05) is 13.8 Å². The number of hydrogen-bond acceptors (Lipinski definition) is 3. The minimum Gasteiger partial charge on any atom is -0.497 e. The Morgan fingerprint density at radius 3 is 2.55 bits per heavy atom. The van der Waals surface area contributed by atoms with Crippen molar-refractivity contribution in [2.45, 2.75) is 32.7 Å². The number of hydrogen-bond donors (Lipinski definition) is 1. The summed E-state index contributed by atoms with van der Waals surface area (Å²) in [5.74, 6) is 0.922. The molecule has 1 aliphatic rings. The first-order valence-corrected chi connectivity index (χ1v) is 7.11. The van der Waals surface area contributed by atoms with Crippen LogP contribution in [0.3, 0.4) is 0 Å². The number of benzene rings is 1. The molecule has 1 saturated heterocycles. The van der Waals surface area contributed by atoms with Gasteiger partial charge < -0.3 is 15.0 Å². The molecular weight excluding hydrogens is 252 g/mol. The van der Waals surface area contributed by atoms with Gasteiger partial charge in [0.1, 0.15) is 5.75 Å². The highest BCUT2D eigenvalue weighted by atomic mass is 16.5. The average Bonchev–Trinajstić information content (AvgIpc) is 2.45. The Labute approximate surface area is 121 Å². The molecule has 4 heteroatoms. The lowest BCUT2D eigenvalue weighted by Gasteiger charge is -2.40. The average molecular weight is 276 g/mol. The first-order chi connectivity index (χ1) is 9.45. The van der Waals surface area contributed by atoms with Gasteiger partial charge in [-0.2, -0.15) is 0 Å². The van der Waals surface area contributed by atoms with Crippen LogP contribution in [-0.4, -0.2) is 32.7 Å². The monoisotopic (exact) mass is 276 g/mol. The zero-order chi connectivity index (χ0) is 14.8. The number of ether oxygens (including phenoxy) is 1. The van der Waals surface area contributed by atoms with E-state index in [1.165, 1.54) is 0 Å². The van der Waals surface area contributed by atoms with E-state index in [2.05, 4.69) is 19.2 Å². The maximum Gasteiger partial charge on any atom is 0.244 e. The van der Waals surface area contributed by atoms with Crippen LogP contribution >= 0.6 is 0 Å². The molecule has 0 radical (unpaired) electrons. The molecule has 1 atom stereocenters. The summed E-state index contributed by atoms with van der Waals surface area (Å²) in [7, 11) is 3.47. The fraction of sp³-hybridized carbons (Fsp3) is 0.562. The van der Waals surface area contributed by atoms with Crippen LogP contribution in [0.2, 0.25) is 0 Å². The van der Waals surface area contributed by atoms with Crippen LogP contribution in [-0.2, 0) is 4.79 Å². The predicted molar refractivity (Wildman–Crippen MR) is 81.2 cm³/mol. The molecule has 1 unspecified atom stereocenters. The Morgan fingerprint density at radius 2 is 2.00 bits per heavy atom. The molecule has 2 rings (SSSR count). The first-order valence-electron chi connectivity index (χ1n) is 7.11. The second-order valence-electron chi connectivity index (χ2n) is 6.07. The third kappa shape index (κ3) is 2.96. The van der Waals surface area contributed by atoms with Crippen molar-refractivity contribution >= 4 is 11.6 Å². The molecule has 4 nitrogen and oxygen atoms in total. The summed E-state index contributed by atoms with van der Waals surface area (Å²) in [5.41, 5.74) is 0.884. The summed E-state index contributed by atoms with van der Waals surface area (Å²) in [6.45, 7) is 5.23. The van der Waals surface area contributed by atoms with E-state index in [0.29, 0.717) is 0 Å². The SMILES string of the molecule is COc1ccc(N(C)C(=O)C2NCCCC2(C)C)cc1. The molecule has 0 aliphatic carbocycles. The molecule has 1 fully saturated rings. The number of nitrogens with one attached hydrogen (secondary N) is 1. The van der Waals surface area contributed by atoms with Gasteiger partial charge >= 0.3 is 0 Å². The third-order valence-electron chi connectivity index (χ3n) is 4.17. The molecule has 1 N–H and O–H groups in total. The van der Waals surface area contributed by atoms with Gasteiger partial charge in [-0.15, -0.1) is 0 Å². The molecule has 1 heterocycles. The fourth-order valence-electron chi connectivity index (χ4n) is 2.76. The number of anilines is 1. The highest BCUT2D eigenvalue weighted by Crippen LogP contribution is 2.32. The van der Waals surface area contributed by atoms with Gasteiger partial charge in [0.2, 0.25) is 5.91 Å². The number of nitrogens with zero attached hydrogens (tertiary/aromatic N) is 1. The Hall–Kier alpha value is -1.55. The van der Waals surface area contributed by atoms with E-state index in [-0.39, 0.29) is 17.4 Å². The van der Waals surface area contributed by atoms with E-state index in [1.807, 2.05) is 31.3 Å². The Balaban J connectivity index is 2.14. The van der Waals surface area contributed by atoms with Crippen molar-refractivity contribution in [2.24, 2.45) is 5.41 Å². The minimum absolute atomic E-state index is 0.00391. The van der Waals surface area contributed by atoms with Gasteiger partial charge in [0.05, 0.1) is 13.2 Å². The lowest BCUT2D eigenvalue weighted by molar-refractivity contribution is -0.123. The molecule has 110 valence electrons. The Bertz CT molecular complexity index is 468. The summed E-state index contributed by atoms with van der Waals surface area (Å²) in [6.07, 6.45) is 2.20. The zero-order valence-electron chi connectivity index (χ0n) is 12.8. The topological polar surface area (TPSA) is 41.6 Å². The number of carbonyl (C=O) groups is 1. The number of carbonyl (C=O) groups excluding carboxylic acids is 1. The molecule has 1 aromatic rings. The van der Waals surface area contributed by atoms with E-state index in [4.69, 9.17) is 4.74 Å². The van der Waals surface area contributed by atoms with Crippen molar-refractivity contribution in [2.75, 3.05) is 25.6 Å². The van der Waals surface area contributed by atoms with Crippen LogP contribution in [0.1, 0.15) is 26.7 Å². The second-order valence-corrected chi connectivity index (χ2v) is 6.07. The summed E-state index contributed by atoms with van der Waals surface area (Å²) >= 11 is 0. The highest BCUT2D eigenvalue weighted by molar-refractivity contribution is 5.97. The van der Waals surface area contributed by atoms with Crippen LogP contribution in [0.4, 0.5) is 5.69 Å². The van der Waals surface area contributed by atoms with E-state index >= 15 is 0 Å². The molecular formula is C16H24N2O2. The standard InChI is InChI=1S/C16H24N2O2/c1-16(2)10-5-11-17-14(16)15(19)18(3)12-6-8-13(20-4)9-7-12/h6-9,14,17H,5,10-11H2,1-4H3. The van der Waals surface area contributed by atoms with Gasteiger partial charge in [0, 0.05) is 12.7 Å². The van der Waals surface area contributed by atoms with Crippen molar-refractivity contribution in [1.82, 2.24) is 5.32 Å². The second kappa shape index (κ2) is 5.83. The Morgan fingerprint density at radius 1 is 1.35 bits per heavy atom. The molecule has 0 aromatic heterocycles. The fourth-order valence-corrected chi connectivity index (χ4v) is 2.76. The molecule has 20 heavy (non-hydrogen) atoms. The lowest BCUT2D eigenvalue weighted by Crippen LogP contribution is -2.56. The van der Waals surface area contributed by atoms with Crippen LogP contribution in [0.5, 0.6) is 5.75 Å². The quantitative estimate of drug-likeness (QED) is 0.922. The molecule has 1 aliphatic heterocycles. The van der Waals surface area contributed by atoms with Crippen LogP contribution in [0, 0.1) is 5.41 Å². The van der Waals surface area contributed by atoms with Crippen LogP contribution in [0.15, 0.2) is 24.3 Å². The molecule has 0 saturated carbocycles. The Kier molecular flexibility index (Phi) is 4.33. The van der Waals surface area contributed by atoms with Gasteiger partial charge in [-0.3, -0.25) is 4.79 Å². The largest absolute Gasteiger partial charge is 0.497 e. The van der Waals surface area contributed by atoms with Crippen LogP contribution in [0.25, 0.3) is 0 Å². The lowest BCUT2D eigenvalue weighted by atomic mass is 9.77. The first kappa shape index (κ1) is 14.9. The maximum absolute atomic E-state index is 12.7. The molecule has 1 aromatic carbocycles. The van der Waals surface area contributed by atoms with E-state index in [0.717, 1.165) is 30.8 Å².